The average molecular weight is 316 g/mol. The summed E-state index contributed by atoms with van der Waals surface area (Å²) in [6, 6.07) is 19.5. The zero-order chi connectivity index (χ0) is 13.1. The molecule has 1 aliphatic heterocycles. The van der Waals surface area contributed by atoms with Crippen LogP contribution in [0.3, 0.4) is 0 Å². The molecule has 1 aliphatic rings. The molecule has 0 amide bonds. The SMILES string of the molecule is Brc1cccc(CC2(Cc3ccccc3)CNC2)c1. The topological polar surface area (TPSA) is 12.0 Å². The molecule has 19 heavy (non-hydrogen) atoms. The summed E-state index contributed by atoms with van der Waals surface area (Å²) < 4.78 is 1.17. The number of halogens is 1. The Bertz CT molecular complexity index is 546. The molecule has 98 valence electrons. The zero-order valence-electron chi connectivity index (χ0n) is 10.9. The van der Waals surface area contributed by atoms with E-state index in [1.165, 1.54) is 15.6 Å². The summed E-state index contributed by atoms with van der Waals surface area (Å²) in [6.07, 6.45) is 2.31. The molecule has 0 atom stereocenters. The predicted molar refractivity (Wildman–Crippen MR) is 83.3 cm³/mol. The molecule has 0 spiro atoms. The summed E-state index contributed by atoms with van der Waals surface area (Å²) in [5.41, 5.74) is 3.26. The number of nitrogens with one attached hydrogen (secondary N) is 1. The van der Waals surface area contributed by atoms with Gasteiger partial charge in [0.25, 0.3) is 0 Å². The lowest BCUT2D eigenvalue weighted by Crippen LogP contribution is -2.56. The van der Waals surface area contributed by atoms with E-state index in [4.69, 9.17) is 0 Å². The minimum atomic E-state index is 0.391. The minimum absolute atomic E-state index is 0.391. The second kappa shape index (κ2) is 5.48. The Balaban J connectivity index is 1.76. The van der Waals surface area contributed by atoms with Crippen molar-refractivity contribution in [3.8, 4) is 0 Å². The summed E-state index contributed by atoms with van der Waals surface area (Å²) in [6.45, 7) is 2.24. The van der Waals surface area contributed by atoms with Gasteiger partial charge in [0, 0.05) is 23.0 Å². The molecule has 0 aromatic heterocycles. The lowest BCUT2D eigenvalue weighted by atomic mass is 9.72. The summed E-state index contributed by atoms with van der Waals surface area (Å²) in [7, 11) is 0. The Morgan fingerprint density at radius 3 is 2.21 bits per heavy atom. The molecule has 1 fully saturated rings. The molecule has 0 unspecified atom stereocenters. The first-order valence-electron chi connectivity index (χ1n) is 6.75. The monoisotopic (exact) mass is 315 g/mol. The molecule has 0 aliphatic carbocycles. The van der Waals surface area contributed by atoms with Gasteiger partial charge < -0.3 is 5.32 Å². The van der Waals surface area contributed by atoms with E-state index in [-0.39, 0.29) is 0 Å². The molecule has 3 rings (SSSR count). The van der Waals surface area contributed by atoms with Crippen molar-refractivity contribution >= 4 is 15.9 Å². The first-order valence-corrected chi connectivity index (χ1v) is 7.54. The largest absolute Gasteiger partial charge is 0.315 e. The van der Waals surface area contributed by atoms with Crippen LogP contribution in [0.5, 0.6) is 0 Å². The van der Waals surface area contributed by atoms with Gasteiger partial charge >= 0.3 is 0 Å². The third-order valence-corrected chi connectivity index (χ3v) is 4.38. The highest BCUT2D eigenvalue weighted by Crippen LogP contribution is 2.32. The van der Waals surface area contributed by atoms with E-state index in [0.29, 0.717) is 5.41 Å². The molecule has 1 heterocycles. The first-order chi connectivity index (χ1) is 9.26. The number of hydrogen-bond acceptors (Lipinski definition) is 1. The van der Waals surface area contributed by atoms with Crippen LogP contribution < -0.4 is 5.32 Å². The van der Waals surface area contributed by atoms with Crippen molar-refractivity contribution in [1.29, 1.82) is 0 Å². The van der Waals surface area contributed by atoms with Gasteiger partial charge in [0.15, 0.2) is 0 Å². The molecule has 2 aromatic rings. The van der Waals surface area contributed by atoms with Gasteiger partial charge in [-0.2, -0.15) is 0 Å². The van der Waals surface area contributed by atoms with E-state index in [9.17, 15) is 0 Å². The van der Waals surface area contributed by atoms with Crippen molar-refractivity contribution in [2.75, 3.05) is 13.1 Å². The maximum absolute atomic E-state index is 3.56. The maximum Gasteiger partial charge on any atom is 0.0177 e. The van der Waals surface area contributed by atoms with Crippen molar-refractivity contribution in [2.24, 2.45) is 5.41 Å². The Morgan fingerprint density at radius 1 is 0.895 bits per heavy atom. The predicted octanol–water partition coefficient (Wildman–Crippen LogP) is 3.82. The summed E-state index contributed by atoms with van der Waals surface area (Å²) in [4.78, 5) is 0. The van der Waals surface area contributed by atoms with Crippen LogP contribution in [0.25, 0.3) is 0 Å². The highest BCUT2D eigenvalue weighted by atomic mass is 79.9. The normalized spacial score (nSPS) is 16.9. The Hall–Kier alpha value is -1.12. The third-order valence-electron chi connectivity index (χ3n) is 3.89. The van der Waals surface area contributed by atoms with Crippen molar-refractivity contribution in [3.63, 3.8) is 0 Å². The second-order valence-corrected chi connectivity index (χ2v) is 6.49. The van der Waals surface area contributed by atoms with Gasteiger partial charge in [0.1, 0.15) is 0 Å². The van der Waals surface area contributed by atoms with E-state index in [1.54, 1.807) is 0 Å². The van der Waals surface area contributed by atoms with Crippen LogP contribution in [0.2, 0.25) is 0 Å². The van der Waals surface area contributed by atoms with Crippen molar-refractivity contribution < 1.29 is 0 Å². The van der Waals surface area contributed by atoms with Crippen LogP contribution in [0.15, 0.2) is 59.1 Å². The van der Waals surface area contributed by atoms with Crippen LogP contribution in [0.1, 0.15) is 11.1 Å². The van der Waals surface area contributed by atoms with Gasteiger partial charge in [-0.05, 0) is 36.1 Å². The quantitative estimate of drug-likeness (QED) is 0.904. The Labute approximate surface area is 123 Å². The number of hydrogen-bond donors (Lipinski definition) is 1. The van der Waals surface area contributed by atoms with Crippen LogP contribution in [0, 0.1) is 5.41 Å². The molecule has 0 bridgehead atoms. The molecule has 2 heteroatoms. The molecule has 2 aromatic carbocycles. The van der Waals surface area contributed by atoms with Gasteiger partial charge in [-0.1, -0.05) is 58.4 Å². The van der Waals surface area contributed by atoms with E-state index in [1.807, 2.05) is 0 Å². The average Bonchev–Trinajstić information content (AvgIpc) is 2.37. The molecule has 1 nitrogen and oxygen atoms in total. The second-order valence-electron chi connectivity index (χ2n) is 5.57. The standard InChI is InChI=1S/C17H18BrN/c18-16-8-4-7-15(9-16)11-17(12-19-13-17)10-14-5-2-1-3-6-14/h1-9,19H,10-13H2. The fourth-order valence-electron chi connectivity index (χ4n) is 2.90. The third kappa shape index (κ3) is 3.07. The summed E-state index contributed by atoms with van der Waals surface area (Å²) >= 11 is 3.56. The molecular formula is C17H18BrN. The lowest BCUT2D eigenvalue weighted by Gasteiger charge is -2.43. The van der Waals surface area contributed by atoms with E-state index in [2.05, 4.69) is 75.8 Å². The molecule has 1 saturated heterocycles. The van der Waals surface area contributed by atoms with Gasteiger partial charge in [-0.3, -0.25) is 0 Å². The highest BCUT2D eigenvalue weighted by Gasteiger charge is 2.36. The lowest BCUT2D eigenvalue weighted by molar-refractivity contribution is 0.166. The van der Waals surface area contributed by atoms with Crippen molar-refractivity contribution in [2.45, 2.75) is 12.8 Å². The smallest absolute Gasteiger partial charge is 0.0177 e. The van der Waals surface area contributed by atoms with Gasteiger partial charge in [0.05, 0.1) is 0 Å². The summed E-state index contributed by atoms with van der Waals surface area (Å²) in [5.74, 6) is 0. The zero-order valence-corrected chi connectivity index (χ0v) is 12.5. The van der Waals surface area contributed by atoms with Crippen LogP contribution in [0.4, 0.5) is 0 Å². The van der Waals surface area contributed by atoms with Gasteiger partial charge in [-0.25, -0.2) is 0 Å². The highest BCUT2D eigenvalue weighted by molar-refractivity contribution is 9.10. The maximum atomic E-state index is 3.56. The van der Waals surface area contributed by atoms with Crippen LogP contribution >= 0.6 is 15.9 Å². The van der Waals surface area contributed by atoms with Gasteiger partial charge in [-0.15, -0.1) is 0 Å². The number of rotatable bonds is 4. The Kier molecular flexibility index (Phi) is 3.72. The Morgan fingerprint density at radius 2 is 1.58 bits per heavy atom. The van der Waals surface area contributed by atoms with E-state index < -0.39 is 0 Å². The minimum Gasteiger partial charge on any atom is -0.315 e. The number of benzene rings is 2. The van der Waals surface area contributed by atoms with Crippen LogP contribution in [-0.2, 0) is 12.8 Å². The van der Waals surface area contributed by atoms with Crippen LogP contribution in [-0.4, -0.2) is 13.1 Å². The van der Waals surface area contributed by atoms with E-state index in [0.717, 1.165) is 25.9 Å². The van der Waals surface area contributed by atoms with Crippen molar-refractivity contribution in [1.82, 2.24) is 5.32 Å². The molecule has 0 saturated carbocycles. The fraction of sp³-hybridized carbons (Fsp3) is 0.294. The molecule has 1 N–H and O–H groups in total. The van der Waals surface area contributed by atoms with E-state index >= 15 is 0 Å². The fourth-order valence-corrected chi connectivity index (χ4v) is 3.35. The summed E-state index contributed by atoms with van der Waals surface area (Å²) in [5, 5.41) is 3.45. The molecule has 0 radical (unpaired) electrons. The van der Waals surface area contributed by atoms with Crippen molar-refractivity contribution in [3.05, 3.63) is 70.2 Å². The first kappa shape index (κ1) is 12.9. The molecular weight excluding hydrogens is 298 g/mol. The van der Waals surface area contributed by atoms with Gasteiger partial charge in [0.2, 0.25) is 0 Å².